The van der Waals surface area contributed by atoms with Gasteiger partial charge in [-0.05, 0) is 25.0 Å². The molecule has 1 aromatic rings. The molecule has 1 aliphatic heterocycles. The minimum absolute atomic E-state index is 0.0409. The van der Waals surface area contributed by atoms with Crippen molar-refractivity contribution in [1.29, 1.82) is 0 Å². The Morgan fingerprint density at radius 3 is 3.05 bits per heavy atom. The number of hydrogen-bond acceptors (Lipinski definition) is 3. The zero-order chi connectivity index (χ0) is 13.7. The van der Waals surface area contributed by atoms with Crippen molar-refractivity contribution in [2.75, 3.05) is 18.5 Å². The van der Waals surface area contributed by atoms with Crippen LogP contribution in [-0.2, 0) is 0 Å². The lowest BCUT2D eigenvalue weighted by Gasteiger charge is -2.22. The number of para-hydroxylation sites is 1. The molecule has 0 fully saturated rings. The molecule has 1 heterocycles. The van der Waals surface area contributed by atoms with Crippen LogP contribution in [0.25, 0.3) is 0 Å². The number of rotatable bonds is 5. The Labute approximate surface area is 114 Å². The molecule has 1 aliphatic rings. The molecule has 2 N–H and O–H groups in total. The Bertz CT molecular complexity index is 446. The number of carbonyl (C=O) groups excluding carboxylic acids is 1. The molecule has 0 bridgehead atoms. The Kier molecular flexibility index (Phi) is 4.66. The molecule has 0 aromatic heterocycles. The highest BCUT2D eigenvalue weighted by Crippen LogP contribution is 2.31. The Morgan fingerprint density at radius 1 is 1.47 bits per heavy atom. The first-order valence-electron chi connectivity index (χ1n) is 7.06. The van der Waals surface area contributed by atoms with Crippen molar-refractivity contribution < 1.29 is 9.53 Å². The van der Waals surface area contributed by atoms with E-state index in [0.717, 1.165) is 31.5 Å². The van der Waals surface area contributed by atoms with Crippen molar-refractivity contribution >= 4 is 11.6 Å². The fourth-order valence-electron chi connectivity index (χ4n) is 2.34. The summed E-state index contributed by atoms with van der Waals surface area (Å²) in [5, 5.41) is 6.33. The number of anilines is 1. The SMILES string of the molecule is CCCC(CC)NC(=O)c1cccc2c1OCCN2. The lowest BCUT2D eigenvalue weighted by Crippen LogP contribution is -2.35. The van der Waals surface area contributed by atoms with Gasteiger partial charge in [-0.3, -0.25) is 4.79 Å². The summed E-state index contributed by atoms with van der Waals surface area (Å²) >= 11 is 0. The van der Waals surface area contributed by atoms with E-state index in [1.165, 1.54) is 0 Å². The molecule has 0 aliphatic carbocycles. The van der Waals surface area contributed by atoms with Crippen LogP contribution in [0.3, 0.4) is 0 Å². The van der Waals surface area contributed by atoms with Crippen LogP contribution in [0.2, 0.25) is 0 Å². The van der Waals surface area contributed by atoms with Crippen molar-refractivity contribution in [2.24, 2.45) is 0 Å². The first kappa shape index (κ1) is 13.7. The minimum Gasteiger partial charge on any atom is -0.489 e. The maximum Gasteiger partial charge on any atom is 0.255 e. The number of nitrogens with one attached hydrogen (secondary N) is 2. The third kappa shape index (κ3) is 3.19. The molecule has 1 amide bonds. The second-order valence-electron chi connectivity index (χ2n) is 4.82. The lowest BCUT2D eigenvalue weighted by molar-refractivity contribution is 0.0929. The normalized spacial score (nSPS) is 14.8. The van der Waals surface area contributed by atoms with Crippen LogP contribution in [0.1, 0.15) is 43.5 Å². The average molecular weight is 262 g/mol. The van der Waals surface area contributed by atoms with Gasteiger partial charge in [-0.2, -0.15) is 0 Å². The van der Waals surface area contributed by atoms with E-state index in [1.54, 1.807) is 0 Å². The molecule has 104 valence electrons. The number of hydrogen-bond donors (Lipinski definition) is 2. The molecule has 0 saturated heterocycles. The minimum atomic E-state index is -0.0409. The van der Waals surface area contributed by atoms with E-state index < -0.39 is 0 Å². The van der Waals surface area contributed by atoms with Crippen molar-refractivity contribution in [3.63, 3.8) is 0 Å². The summed E-state index contributed by atoms with van der Waals surface area (Å²) in [6, 6.07) is 5.88. The van der Waals surface area contributed by atoms with Crippen LogP contribution in [-0.4, -0.2) is 25.1 Å². The van der Waals surface area contributed by atoms with Crippen molar-refractivity contribution in [2.45, 2.75) is 39.2 Å². The van der Waals surface area contributed by atoms with Gasteiger partial charge < -0.3 is 15.4 Å². The summed E-state index contributed by atoms with van der Waals surface area (Å²) in [6.07, 6.45) is 3.04. The first-order valence-corrected chi connectivity index (χ1v) is 7.06. The summed E-state index contributed by atoms with van der Waals surface area (Å²) < 4.78 is 5.63. The number of ether oxygens (including phenoxy) is 1. The predicted octanol–water partition coefficient (Wildman–Crippen LogP) is 2.80. The third-order valence-electron chi connectivity index (χ3n) is 3.39. The molecule has 0 spiro atoms. The smallest absolute Gasteiger partial charge is 0.255 e. The quantitative estimate of drug-likeness (QED) is 0.858. The van der Waals surface area contributed by atoms with E-state index in [9.17, 15) is 4.79 Å². The molecule has 19 heavy (non-hydrogen) atoms. The average Bonchev–Trinajstić information content (AvgIpc) is 2.46. The highest BCUT2D eigenvalue weighted by Gasteiger charge is 2.20. The van der Waals surface area contributed by atoms with Crippen molar-refractivity contribution in [1.82, 2.24) is 5.32 Å². The monoisotopic (exact) mass is 262 g/mol. The van der Waals surface area contributed by atoms with Gasteiger partial charge in [0.25, 0.3) is 5.91 Å². The molecule has 2 rings (SSSR count). The number of fused-ring (bicyclic) bond motifs is 1. The second kappa shape index (κ2) is 6.45. The van der Waals surface area contributed by atoms with Gasteiger partial charge >= 0.3 is 0 Å². The zero-order valence-electron chi connectivity index (χ0n) is 11.7. The first-order chi connectivity index (χ1) is 9.26. The molecule has 1 unspecified atom stereocenters. The second-order valence-corrected chi connectivity index (χ2v) is 4.82. The van der Waals surface area contributed by atoms with Crippen LogP contribution in [0.5, 0.6) is 5.75 Å². The van der Waals surface area contributed by atoms with Crippen LogP contribution >= 0.6 is 0 Å². The van der Waals surface area contributed by atoms with Gasteiger partial charge in [0.15, 0.2) is 5.75 Å². The fraction of sp³-hybridized carbons (Fsp3) is 0.533. The molecule has 1 atom stereocenters. The summed E-state index contributed by atoms with van der Waals surface area (Å²) in [7, 11) is 0. The summed E-state index contributed by atoms with van der Waals surface area (Å²) in [5.41, 5.74) is 1.53. The Hall–Kier alpha value is -1.71. The van der Waals surface area contributed by atoms with E-state index in [0.29, 0.717) is 17.9 Å². The topological polar surface area (TPSA) is 50.4 Å². The molecule has 1 aromatic carbocycles. The molecule has 4 heteroatoms. The largest absolute Gasteiger partial charge is 0.489 e. The summed E-state index contributed by atoms with van der Waals surface area (Å²) in [5.74, 6) is 0.637. The van der Waals surface area contributed by atoms with Gasteiger partial charge in [0.2, 0.25) is 0 Å². The zero-order valence-corrected chi connectivity index (χ0v) is 11.7. The van der Waals surface area contributed by atoms with Crippen molar-refractivity contribution in [3.8, 4) is 5.75 Å². The van der Waals surface area contributed by atoms with Gasteiger partial charge in [-0.1, -0.05) is 26.3 Å². The highest BCUT2D eigenvalue weighted by molar-refractivity contribution is 5.99. The summed E-state index contributed by atoms with van der Waals surface area (Å²) in [4.78, 5) is 12.3. The summed E-state index contributed by atoms with van der Waals surface area (Å²) in [6.45, 7) is 5.61. The van der Waals surface area contributed by atoms with Crippen LogP contribution < -0.4 is 15.4 Å². The van der Waals surface area contributed by atoms with E-state index >= 15 is 0 Å². The number of benzene rings is 1. The third-order valence-corrected chi connectivity index (χ3v) is 3.39. The van der Waals surface area contributed by atoms with Gasteiger partial charge in [-0.25, -0.2) is 0 Å². The maximum absolute atomic E-state index is 12.3. The molecular weight excluding hydrogens is 240 g/mol. The van der Waals surface area contributed by atoms with Crippen LogP contribution in [0.4, 0.5) is 5.69 Å². The van der Waals surface area contributed by atoms with Gasteiger partial charge in [-0.15, -0.1) is 0 Å². The van der Waals surface area contributed by atoms with Gasteiger partial charge in [0.05, 0.1) is 11.3 Å². The van der Waals surface area contributed by atoms with Crippen LogP contribution in [0, 0.1) is 0 Å². The number of amides is 1. The molecule has 0 saturated carbocycles. The Balaban J connectivity index is 2.15. The predicted molar refractivity (Wildman–Crippen MR) is 76.9 cm³/mol. The fourth-order valence-corrected chi connectivity index (χ4v) is 2.34. The Morgan fingerprint density at radius 2 is 2.32 bits per heavy atom. The van der Waals surface area contributed by atoms with Gasteiger partial charge in [0, 0.05) is 12.6 Å². The molecule has 4 nitrogen and oxygen atoms in total. The van der Waals surface area contributed by atoms with E-state index in [1.807, 2.05) is 18.2 Å². The number of carbonyl (C=O) groups is 1. The highest BCUT2D eigenvalue weighted by atomic mass is 16.5. The molecular formula is C15H22N2O2. The standard InChI is InChI=1S/C15H22N2O2/c1-3-6-11(4-2)17-15(18)12-7-5-8-13-14(12)19-10-9-16-13/h5,7-8,11,16H,3-4,6,9-10H2,1-2H3,(H,17,18). The van der Waals surface area contributed by atoms with E-state index in [2.05, 4.69) is 24.5 Å². The maximum atomic E-state index is 12.3. The van der Waals surface area contributed by atoms with E-state index in [4.69, 9.17) is 4.74 Å². The van der Waals surface area contributed by atoms with Crippen molar-refractivity contribution in [3.05, 3.63) is 23.8 Å². The lowest BCUT2D eigenvalue weighted by atomic mass is 10.1. The molecule has 0 radical (unpaired) electrons. The van der Waals surface area contributed by atoms with Gasteiger partial charge in [0.1, 0.15) is 6.61 Å². The van der Waals surface area contributed by atoms with E-state index in [-0.39, 0.29) is 11.9 Å². The van der Waals surface area contributed by atoms with Crippen LogP contribution in [0.15, 0.2) is 18.2 Å².